The van der Waals surface area contributed by atoms with E-state index in [-0.39, 0.29) is 11.4 Å². The second-order valence-corrected chi connectivity index (χ2v) is 11.4. The highest BCUT2D eigenvalue weighted by Crippen LogP contribution is 2.28. The first-order valence-electron chi connectivity index (χ1n) is 11.2. The Hall–Kier alpha value is -2.78. The van der Waals surface area contributed by atoms with Crippen molar-refractivity contribution in [2.45, 2.75) is 31.3 Å². The predicted molar refractivity (Wildman–Crippen MR) is 148 cm³/mol. The third-order valence-corrected chi connectivity index (χ3v) is 8.58. The summed E-state index contributed by atoms with van der Waals surface area (Å²) in [5, 5.41) is 3.56. The van der Waals surface area contributed by atoms with Gasteiger partial charge >= 0.3 is 0 Å². The number of halogens is 3. The molecule has 3 aromatic carbocycles. The molecule has 0 fully saturated rings. The van der Waals surface area contributed by atoms with Gasteiger partial charge in [-0.05, 0) is 67.4 Å². The lowest BCUT2D eigenvalue weighted by Gasteiger charge is -2.32. The lowest BCUT2D eigenvalue weighted by molar-refractivity contribution is -0.139. The van der Waals surface area contributed by atoms with Crippen LogP contribution in [0.1, 0.15) is 18.1 Å². The maximum Gasteiger partial charge on any atom is 0.264 e. The van der Waals surface area contributed by atoms with E-state index in [0.29, 0.717) is 31.9 Å². The van der Waals surface area contributed by atoms with Crippen LogP contribution in [0.4, 0.5) is 5.69 Å². The smallest absolute Gasteiger partial charge is 0.264 e. The van der Waals surface area contributed by atoms with Gasteiger partial charge in [0, 0.05) is 18.6 Å². The van der Waals surface area contributed by atoms with Crippen LogP contribution >= 0.6 is 34.8 Å². The third-order valence-electron chi connectivity index (χ3n) is 5.82. The minimum atomic E-state index is -4.17. The number of nitrogens with one attached hydrogen (secondary N) is 1. The van der Waals surface area contributed by atoms with Gasteiger partial charge in [0.1, 0.15) is 12.6 Å². The minimum absolute atomic E-state index is 0.00686. The first-order chi connectivity index (χ1) is 17.4. The van der Waals surface area contributed by atoms with Crippen molar-refractivity contribution >= 4 is 62.3 Å². The third kappa shape index (κ3) is 6.76. The molecule has 1 atom stereocenters. The minimum Gasteiger partial charge on any atom is -0.357 e. The molecule has 2 amide bonds. The standard InChI is InChI=1S/C26H26Cl3N3O4S/c1-17-6-4-5-7-24(17)32(37(35,36)21-11-9-20(27)10-12-21)16-25(33)31(18(2)26(34)30-3)15-19-8-13-22(28)23(29)14-19/h4-14,18H,15-16H2,1-3H3,(H,30,34)/t18-/m0/s1. The fraction of sp³-hybridized carbons (Fsp3) is 0.231. The number of anilines is 1. The van der Waals surface area contributed by atoms with Crippen LogP contribution in [0.25, 0.3) is 0 Å². The van der Waals surface area contributed by atoms with Crippen LogP contribution in [0, 0.1) is 6.92 Å². The zero-order valence-corrected chi connectivity index (χ0v) is 23.5. The molecule has 1 N–H and O–H groups in total. The summed E-state index contributed by atoms with van der Waals surface area (Å²) < 4.78 is 28.6. The number of likely N-dealkylation sites (N-methyl/N-ethyl adjacent to an activating group) is 1. The monoisotopic (exact) mass is 581 g/mol. The van der Waals surface area contributed by atoms with Gasteiger partial charge in [-0.3, -0.25) is 13.9 Å². The van der Waals surface area contributed by atoms with E-state index in [2.05, 4.69) is 5.32 Å². The van der Waals surface area contributed by atoms with Crippen molar-refractivity contribution in [1.82, 2.24) is 10.2 Å². The van der Waals surface area contributed by atoms with Gasteiger partial charge in [0.25, 0.3) is 10.0 Å². The lowest BCUT2D eigenvalue weighted by atomic mass is 10.1. The Kier molecular flexibility index (Phi) is 9.47. The first kappa shape index (κ1) is 28.8. The molecule has 3 rings (SSSR count). The number of hydrogen-bond acceptors (Lipinski definition) is 4. The molecule has 11 heteroatoms. The van der Waals surface area contributed by atoms with Crippen LogP contribution < -0.4 is 9.62 Å². The number of aryl methyl sites for hydroxylation is 1. The SMILES string of the molecule is CNC(=O)[C@H](C)N(Cc1ccc(Cl)c(Cl)c1)C(=O)CN(c1ccccc1C)S(=O)(=O)c1ccc(Cl)cc1. The quantitative estimate of drug-likeness (QED) is 0.370. The number of nitrogens with zero attached hydrogens (tertiary/aromatic N) is 2. The van der Waals surface area contributed by atoms with E-state index >= 15 is 0 Å². The Labute approximate surface area is 232 Å². The zero-order valence-electron chi connectivity index (χ0n) is 20.4. The van der Waals surface area contributed by atoms with Crippen molar-refractivity contribution < 1.29 is 18.0 Å². The molecule has 0 aliphatic rings. The van der Waals surface area contributed by atoms with Crippen LogP contribution in [-0.2, 0) is 26.2 Å². The Morgan fingerprint density at radius 2 is 1.59 bits per heavy atom. The van der Waals surface area contributed by atoms with Gasteiger partial charge in [0.05, 0.1) is 20.6 Å². The molecule has 0 saturated heterocycles. The zero-order chi connectivity index (χ0) is 27.3. The van der Waals surface area contributed by atoms with Gasteiger partial charge in [0.2, 0.25) is 11.8 Å². The highest BCUT2D eigenvalue weighted by Gasteiger charge is 2.32. The number of benzene rings is 3. The van der Waals surface area contributed by atoms with Gasteiger partial charge in [-0.25, -0.2) is 8.42 Å². The fourth-order valence-electron chi connectivity index (χ4n) is 3.72. The summed E-state index contributed by atoms with van der Waals surface area (Å²) in [5.74, 6) is -0.987. The molecule has 37 heavy (non-hydrogen) atoms. The van der Waals surface area contributed by atoms with E-state index < -0.39 is 34.4 Å². The summed E-state index contributed by atoms with van der Waals surface area (Å²) in [6.45, 7) is 2.79. The van der Waals surface area contributed by atoms with E-state index in [1.807, 2.05) is 0 Å². The summed E-state index contributed by atoms with van der Waals surface area (Å²) in [6.07, 6.45) is 0. The molecule has 7 nitrogen and oxygen atoms in total. The average Bonchev–Trinajstić information content (AvgIpc) is 2.87. The number of carbonyl (C=O) groups is 2. The summed E-state index contributed by atoms with van der Waals surface area (Å²) in [6, 6.07) is 16.5. The van der Waals surface area contributed by atoms with Crippen molar-refractivity contribution in [3.63, 3.8) is 0 Å². The molecule has 0 radical (unpaired) electrons. The lowest BCUT2D eigenvalue weighted by Crippen LogP contribution is -2.50. The van der Waals surface area contributed by atoms with Gasteiger partial charge in [0.15, 0.2) is 0 Å². The van der Waals surface area contributed by atoms with Gasteiger partial charge in [-0.1, -0.05) is 59.1 Å². The Morgan fingerprint density at radius 3 is 2.19 bits per heavy atom. The van der Waals surface area contributed by atoms with Gasteiger partial charge < -0.3 is 10.2 Å². The van der Waals surface area contributed by atoms with Crippen molar-refractivity contribution in [3.8, 4) is 0 Å². The molecule has 0 saturated carbocycles. The molecule has 0 aliphatic carbocycles. The molecule has 0 bridgehead atoms. The highest BCUT2D eigenvalue weighted by molar-refractivity contribution is 7.92. The average molecular weight is 583 g/mol. The molecular formula is C26H26Cl3N3O4S. The van der Waals surface area contributed by atoms with Crippen molar-refractivity contribution in [1.29, 1.82) is 0 Å². The van der Waals surface area contributed by atoms with E-state index in [0.717, 1.165) is 4.31 Å². The van der Waals surface area contributed by atoms with Crippen LogP contribution in [0.5, 0.6) is 0 Å². The molecule has 0 spiro atoms. The summed E-state index contributed by atoms with van der Waals surface area (Å²) in [7, 11) is -2.71. The Morgan fingerprint density at radius 1 is 0.946 bits per heavy atom. The molecule has 196 valence electrons. The first-order valence-corrected chi connectivity index (χ1v) is 13.8. The van der Waals surface area contributed by atoms with E-state index in [1.54, 1.807) is 56.3 Å². The second kappa shape index (κ2) is 12.2. The van der Waals surface area contributed by atoms with Crippen LogP contribution in [0.15, 0.2) is 71.6 Å². The largest absolute Gasteiger partial charge is 0.357 e. The summed E-state index contributed by atoms with van der Waals surface area (Å²) in [4.78, 5) is 27.6. The van der Waals surface area contributed by atoms with E-state index in [1.165, 1.54) is 36.2 Å². The number of amides is 2. The normalized spacial score (nSPS) is 12.1. The van der Waals surface area contributed by atoms with Crippen molar-refractivity contribution in [2.75, 3.05) is 17.9 Å². The summed E-state index contributed by atoms with van der Waals surface area (Å²) in [5.41, 5.74) is 1.62. The van der Waals surface area contributed by atoms with E-state index in [9.17, 15) is 18.0 Å². The fourth-order valence-corrected chi connectivity index (χ4v) is 5.64. The summed E-state index contributed by atoms with van der Waals surface area (Å²) >= 11 is 18.1. The van der Waals surface area contributed by atoms with Crippen LogP contribution in [0.2, 0.25) is 15.1 Å². The topological polar surface area (TPSA) is 86.8 Å². The van der Waals surface area contributed by atoms with Crippen molar-refractivity contribution in [2.24, 2.45) is 0 Å². The number of sulfonamides is 1. The maximum atomic E-state index is 13.8. The molecule has 0 aliphatic heterocycles. The predicted octanol–water partition coefficient (Wildman–Crippen LogP) is 5.31. The molecular weight excluding hydrogens is 557 g/mol. The van der Waals surface area contributed by atoms with Gasteiger partial charge in [-0.2, -0.15) is 0 Å². The molecule has 0 heterocycles. The maximum absolute atomic E-state index is 13.8. The van der Waals surface area contributed by atoms with E-state index in [4.69, 9.17) is 34.8 Å². The highest BCUT2D eigenvalue weighted by atomic mass is 35.5. The molecule has 3 aromatic rings. The molecule has 0 aromatic heterocycles. The Balaban J connectivity index is 2.05. The number of rotatable bonds is 9. The number of carbonyl (C=O) groups excluding carboxylic acids is 2. The van der Waals surface area contributed by atoms with Crippen molar-refractivity contribution in [3.05, 3.63) is 92.9 Å². The number of hydrogen-bond donors (Lipinski definition) is 1. The van der Waals surface area contributed by atoms with Gasteiger partial charge in [-0.15, -0.1) is 0 Å². The van der Waals surface area contributed by atoms with Crippen LogP contribution in [-0.4, -0.2) is 44.8 Å². The Bertz CT molecular complexity index is 1400. The second-order valence-electron chi connectivity index (χ2n) is 8.31. The number of para-hydroxylation sites is 1. The molecule has 0 unspecified atom stereocenters. The van der Waals surface area contributed by atoms with Crippen LogP contribution in [0.3, 0.4) is 0 Å².